The van der Waals surface area contributed by atoms with Crippen molar-refractivity contribution < 1.29 is 9.21 Å². The van der Waals surface area contributed by atoms with Crippen LogP contribution in [0.25, 0.3) is 11.1 Å². The molecule has 136 valence electrons. The Kier molecular flexibility index (Phi) is 3.82. The van der Waals surface area contributed by atoms with Crippen LogP contribution in [-0.2, 0) is 7.05 Å². The molecule has 8 nitrogen and oxygen atoms in total. The number of fused-ring (bicyclic) bond motifs is 1. The van der Waals surface area contributed by atoms with Crippen molar-refractivity contribution in [2.75, 3.05) is 18.4 Å². The Morgan fingerprint density at radius 1 is 1.31 bits per heavy atom. The first kappa shape index (κ1) is 16.4. The zero-order valence-electron chi connectivity index (χ0n) is 15.0. The van der Waals surface area contributed by atoms with Crippen LogP contribution in [0, 0.1) is 13.8 Å². The summed E-state index contributed by atoms with van der Waals surface area (Å²) in [6.07, 6.45) is 0.877. The number of anilines is 1. The average molecular weight is 355 g/mol. The summed E-state index contributed by atoms with van der Waals surface area (Å²) in [5, 5.41) is 7.41. The first-order valence-corrected chi connectivity index (χ1v) is 8.60. The first-order chi connectivity index (χ1) is 12.4. The number of urea groups is 1. The minimum Gasteiger partial charge on any atom is -0.408 e. The molecule has 1 N–H and O–H groups in total. The van der Waals surface area contributed by atoms with Gasteiger partial charge in [-0.1, -0.05) is 0 Å². The Hall–Kier alpha value is -3.03. The number of oxazole rings is 1. The highest BCUT2D eigenvalue weighted by Gasteiger charge is 2.28. The Bertz CT molecular complexity index is 1040. The lowest BCUT2D eigenvalue weighted by molar-refractivity contribution is 0.220. The summed E-state index contributed by atoms with van der Waals surface area (Å²) < 4.78 is 8.61. The number of benzene rings is 1. The smallest absolute Gasteiger partial charge is 0.408 e. The highest BCUT2D eigenvalue weighted by molar-refractivity contribution is 5.91. The summed E-state index contributed by atoms with van der Waals surface area (Å²) >= 11 is 0. The minimum atomic E-state index is -0.421. The summed E-state index contributed by atoms with van der Waals surface area (Å²) in [4.78, 5) is 25.9. The largest absolute Gasteiger partial charge is 0.419 e. The van der Waals surface area contributed by atoms with Gasteiger partial charge in [0.2, 0.25) is 0 Å². The summed E-state index contributed by atoms with van der Waals surface area (Å²) in [7, 11) is 1.65. The van der Waals surface area contributed by atoms with Crippen LogP contribution in [0.4, 0.5) is 10.5 Å². The van der Waals surface area contributed by atoms with Gasteiger partial charge in [-0.3, -0.25) is 9.25 Å². The zero-order valence-corrected chi connectivity index (χ0v) is 15.0. The molecule has 0 aliphatic carbocycles. The Morgan fingerprint density at radius 3 is 2.85 bits per heavy atom. The molecule has 1 unspecified atom stereocenters. The Labute approximate surface area is 150 Å². The maximum Gasteiger partial charge on any atom is 0.419 e. The van der Waals surface area contributed by atoms with Crippen molar-refractivity contribution in [1.82, 2.24) is 19.2 Å². The highest BCUT2D eigenvalue weighted by atomic mass is 16.4. The third-order valence-corrected chi connectivity index (χ3v) is 4.88. The Balaban J connectivity index is 1.47. The summed E-state index contributed by atoms with van der Waals surface area (Å²) in [6, 6.07) is 7.28. The predicted molar refractivity (Wildman–Crippen MR) is 97.4 cm³/mol. The van der Waals surface area contributed by atoms with E-state index in [0.29, 0.717) is 29.9 Å². The van der Waals surface area contributed by atoms with Gasteiger partial charge in [-0.05, 0) is 38.5 Å². The SMILES string of the molecule is Cc1cc(C)n(C2CCN(C(=O)Nc3ccc4c(c3)oc(=O)n4C)C2)n1. The molecule has 2 amide bonds. The molecular formula is C18H21N5O3. The molecule has 0 saturated carbocycles. The molecule has 4 rings (SSSR count). The van der Waals surface area contributed by atoms with Gasteiger partial charge in [0.1, 0.15) is 0 Å². The van der Waals surface area contributed by atoms with Crippen molar-refractivity contribution in [2.24, 2.45) is 7.05 Å². The number of hydrogen-bond donors (Lipinski definition) is 1. The van der Waals surface area contributed by atoms with Gasteiger partial charge in [0, 0.05) is 37.6 Å². The highest BCUT2D eigenvalue weighted by Crippen LogP contribution is 2.24. The van der Waals surface area contributed by atoms with Gasteiger partial charge >= 0.3 is 11.8 Å². The van der Waals surface area contributed by atoms with Crippen LogP contribution in [0.3, 0.4) is 0 Å². The maximum absolute atomic E-state index is 12.6. The van der Waals surface area contributed by atoms with Gasteiger partial charge in [-0.25, -0.2) is 9.59 Å². The lowest BCUT2D eigenvalue weighted by atomic mass is 10.2. The average Bonchev–Trinajstić information content (AvgIpc) is 3.27. The van der Waals surface area contributed by atoms with Crippen LogP contribution in [0.5, 0.6) is 0 Å². The van der Waals surface area contributed by atoms with Crippen LogP contribution in [-0.4, -0.2) is 38.4 Å². The summed E-state index contributed by atoms with van der Waals surface area (Å²) in [5.41, 5.74) is 3.85. The number of likely N-dealkylation sites (tertiary alicyclic amines) is 1. The molecular weight excluding hydrogens is 334 g/mol. The van der Waals surface area contributed by atoms with Crippen LogP contribution in [0.2, 0.25) is 0 Å². The Morgan fingerprint density at radius 2 is 2.12 bits per heavy atom. The lowest BCUT2D eigenvalue weighted by Gasteiger charge is -2.18. The standard InChI is InChI=1S/C18H21N5O3/c1-11-8-12(2)23(20-11)14-6-7-22(10-14)17(24)19-13-4-5-15-16(9-13)26-18(25)21(15)3/h4-5,8-9,14H,6-7,10H2,1-3H3,(H,19,24). The monoisotopic (exact) mass is 355 g/mol. The van der Waals surface area contributed by atoms with Gasteiger partial charge in [0.05, 0.1) is 17.3 Å². The van der Waals surface area contributed by atoms with E-state index in [1.165, 1.54) is 4.57 Å². The number of aryl methyl sites for hydroxylation is 3. The number of carbonyl (C=O) groups excluding carboxylic acids is 1. The molecule has 1 fully saturated rings. The fourth-order valence-corrected chi connectivity index (χ4v) is 3.56. The second-order valence-corrected chi connectivity index (χ2v) is 6.80. The lowest BCUT2D eigenvalue weighted by Crippen LogP contribution is -2.33. The number of carbonyl (C=O) groups is 1. The number of hydrogen-bond acceptors (Lipinski definition) is 4. The van der Waals surface area contributed by atoms with Crippen molar-refractivity contribution in [3.05, 3.63) is 46.2 Å². The maximum atomic E-state index is 12.6. The fourth-order valence-electron chi connectivity index (χ4n) is 3.56. The van der Waals surface area contributed by atoms with Gasteiger partial charge in [-0.15, -0.1) is 0 Å². The molecule has 0 radical (unpaired) electrons. The van der Waals surface area contributed by atoms with Crippen LogP contribution in [0.15, 0.2) is 33.5 Å². The van der Waals surface area contributed by atoms with Crippen molar-refractivity contribution >= 4 is 22.8 Å². The molecule has 26 heavy (non-hydrogen) atoms. The number of nitrogens with one attached hydrogen (secondary N) is 1. The van der Waals surface area contributed by atoms with Crippen molar-refractivity contribution in [2.45, 2.75) is 26.3 Å². The molecule has 1 aliphatic heterocycles. The molecule has 3 heterocycles. The van der Waals surface area contributed by atoms with E-state index in [2.05, 4.69) is 10.4 Å². The molecule has 1 atom stereocenters. The second kappa shape index (κ2) is 6.05. The topological polar surface area (TPSA) is 85.3 Å². The molecule has 1 aliphatic rings. The minimum absolute atomic E-state index is 0.161. The van der Waals surface area contributed by atoms with Crippen LogP contribution >= 0.6 is 0 Å². The number of aromatic nitrogens is 3. The molecule has 3 aromatic rings. The van der Waals surface area contributed by atoms with Crippen molar-refractivity contribution in [3.8, 4) is 0 Å². The quantitative estimate of drug-likeness (QED) is 0.765. The van der Waals surface area contributed by atoms with E-state index in [9.17, 15) is 9.59 Å². The van der Waals surface area contributed by atoms with Crippen molar-refractivity contribution in [1.29, 1.82) is 0 Å². The third kappa shape index (κ3) is 2.77. The van der Waals surface area contributed by atoms with E-state index in [1.807, 2.05) is 24.6 Å². The zero-order chi connectivity index (χ0) is 18.4. The van der Waals surface area contributed by atoms with E-state index in [4.69, 9.17) is 4.42 Å². The molecule has 1 aromatic carbocycles. The molecule has 0 spiro atoms. The summed E-state index contributed by atoms with van der Waals surface area (Å²) in [5.74, 6) is -0.421. The van der Waals surface area contributed by atoms with E-state index in [-0.39, 0.29) is 12.1 Å². The fraction of sp³-hybridized carbons (Fsp3) is 0.389. The first-order valence-electron chi connectivity index (χ1n) is 8.60. The molecule has 1 saturated heterocycles. The normalized spacial score (nSPS) is 17.2. The molecule has 2 aromatic heterocycles. The van der Waals surface area contributed by atoms with Gasteiger partial charge in [0.25, 0.3) is 0 Å². The van der Waals surface area contributed by atoms with Gasteiger partial charge < -0.3 is 14.6 Å². The predicted octanol–water partition coefficient (Wildman–Crippen LogP) is 2.42. The molecule has 0 bridgehead atoms. The van der Waals surface area contributed by atoms with Crippen molar-refractivity contribution in [3.63, 3.8) is 0 Å². The third-order valence-electron chi connectivity index (χ3n) is 4.88. The van der Waals surface area contributed by atoms with E-state index in [0.717, 1.165) is 17.8 Å². The number of rotatable bonds is 2. The van der Waals surface area contributed by atoms with E-state index < -0.39 is 5.76 Å². The second-order valence-electron chi connectivity index (χ2n) is 6.80. The number of nitrogens with zero attached hydrogens (tertiary/aromatic N) is 4. The number of amides is 2. The van der Waals surface area contributed by atoms with Gasteiger partial charge in [-0.2, -0.15) is 5.10 Å². The summed E-state index contributed by atoms with van der Waals surface area (Å²) in [6.45, 7) is 5.31. The van der Waals surface area contributed by atoms with Gasteiger partial charge in [0.15, 0.2) is 5.58 Å². The van der Waals surface area contributed by atoms with Crippen LogP contribution in [0.1, 0.15) is 23.9 Å². The van der Waals surface area contributed by atoms with Crippen LogP contribution < -0.4 is 11.1 Å². The van der Waals surface area contributed by atoms with E-state index in [1.54, 1.807) is 30.1 Å². The molecule has 8 heteroatoms. The van der Waals surface area contributed by atoms with E-state index >= 15 is 0 Å².